The van der Waals surface area contributed by atoms with Gasteiger partial charge in [-0.25, -0.2) is 4.79 Å². The first-order valence-corrected chi connectivity index (χ1v) is 8.90. The minimum Gasteiger partial charge on any atom is -0.345 e. The van der Waals surface area contributed by atoms with Crippen LogP contribution in [0.2, 0.25) is 0 Å². The third kappa shape index (κ3) is 4.73. The maximum Gasteiger partial charge on any atom is 0.319 e. The number of hydrogen-bond donors (Lipinski definition) is 2. The molecule has 3 rings (SSSR count). The van der Waals surface area contributed by atoms with Gasteiger partial charge in [0.2, 0.25) is 0 Å². The lowest BCUT2D eigenvalue weighted by atomic mass is 10.2. The highest BCUT2D eigenvalue weighted by Crippen LogP contribution is 2.19. The first-order chi connectivity index (χ1) is 12.1. The van der Waals surface area contributed by atoms with Gasteiger partial charge >= 0.3 is 6.03 Å². The summed E-state index contributed by atoms with van der Waals surface area (Å²) in [5, 5.41) is 5.77. The minimum atomic E-state index is -0.214. The number of aromatic nitrogens is 1. The Bertz CT molecular complexity index is 858. The van der Waals surface area contributed by atoms with Crippen LogP contribution in [0.15, 0.2) is 71.3 Å². The Morgan fingerprint density at radius 1 is 1.08 bits per heavy atom. The molecule has 0 bridgehead atoms. The normalized spacial score (nSPS) is 10.5. The van der Waals surface area contributed by atoms with E-state index < -0.39 is 0 Å². The van der Waals surface area contributed by atoms with Crippen molar-refractivity contribution in [1.29, 1.82) is 0 Å². The molecule has 128 valence electrons. The zero-order chi connectivity index (χ0) is 17.6. The van der Waals surface area contributed by atoms with Gasteiger partial charge in [0.1, 0.15) is 0 Å². The van der Waals surface area contributed by atoms with Crippen molar-refractivity contribution in [2.75, 3.05) is 5.32 Å². The third-order valence-corrected chi connectivity index (χ3v) is 4.85. The van der Waals surface area contributed by atoms with Gasteiger partial charge in [-0.3, -0.25) is 0 Å². The number of benzene rings is 2. The summed E-state index contributed by atoms with van der Waals surface area (Å²) in [5.41, 5.74) is 4.15. The van der Waals surface area contributed by atoms with Gasteiger partial charge in [-0.05, 0) is 48.4 Å². The Labute approximate surface area is 156 Å². The maximum absolute atomic E-state index is 12.1. The Kier molecular flexibility index (Phi) is 5.56. The van der Waals surface area contributed by atoms with Gasteiger partial charge < -0.3 is 15.2 Å². The van der Waals surface area contributed by atoms with E-state index in [1.165, 1.54) is 5.56 Å². The average molecular weight is 398 g/mol. The van der Waals surface area contributed by atoms with Gasteiger partial charge in [-0.1, -0.05) is 46.3 Å². The molecule has 2 aromatic carbocycles. The van der Waals surface area contributed by atoms with Gasteiger partial charge in [0, 0.05) is 28.6 Å². The summed E-state index contributed by atoms with van der Waals surface area (Å²) in [4.78, 5) is 12.1. The molecule has 0 aliphatic rings. The van der Waals surface area contributed by atoms with Crippen molar-refractivity contribution in [2.24, 2.45) is 0 Å². The zero-order valence-electron chi connectivity index (χ0n) is 14.0. The Morgan fingerprint density at radius 3 is 2.64 bits per heavy atom. The molecule has 0 saturated heterocycles. The van der Waals surface area contributed by atoms with E-state index in [0.717, 1.165) is 28.0 Å². The number of anilines is 1. The Hall–Kier alpha value is -2.53. The van der Waals surface area contributed by atoms with Crippen LogP contribution in [0.25, 0.3) is 0 Å². The molecule has 25 heavy (non-hydrogen) atoms. The van der Waals surface area contributed by atoms with Crippen LogP contribution in [-0.2, 0) is 13.1 Å². The molecular weight excluding hydrogens is 378 g/mol. The van der Waals surface area contributed by atoms with Gasteiger partial charge in [0.05, 0.1) is 6.54 Å². The topological polar surface area (TPSA) is 46.1 Å². The molecule has 3 aromatic rings. The van der Waals surface area contributed by atoms with Crippen molar-refractivity contribution in [2.45, 2.75) is 20.0 Å². The predicted octanol–water partition coefficient (Wildman–Crippen LogP) is 4.93. The number of rotatable bonds is 5. The lowest BCUT2D eigenvalue weighted by Gasteiger charge is -2.12. The fourth-order valence-corrected chi connectivity index (χ4v) is 2.86. The van der Waals surface area contributed by atoms with Crippen molar-refractivity contribution < 1.29 is 4.79 Å². The molecule has 0 aliphatic carbocycles. The predicted molar refractivity (Wildman–Crippen MR) is 105 cm³/mol. The van der Waals surface area contributed by atoms with E-state index in [0.29, 0.717) is 6.54 Å². The molecular formula is C20H20BrN3O. The van der Waals surface area contributed by atoms with E-state index in [2.05, 4.69) is 43.3 Å². The van der Waals surface area contributed by atoms with Crippen molar-refractivity contribution >= 4 is 27.6 Å². The van der Waals surface area contributed by atoms with E-state index in [-0.39, 0.29) is 6.03 Å². The highest BCUT2D eigenvalue weighted by atomic mass is 79.9. The standard InChI is InChI=1S/C20H20BrN3O/c1-15-12-17(9-10-19(15)21)23-20(25)22-13-18-8-5-11-24(18)14-16-6-3-2-4-7-16/h2-12H,13-14H2,1H3,(H2,22,23,25). The lowest BCUT2D eigenvalue weighted by molar-refractivity contribution is 0.251. The number of aryl methyl sites for hydroxylation is 1. The summed E-state index contributed by atoms with van der Waals surface area (Å²) in [6.45, 7) is 3.25. The molecule has 1 aromatic heterocycles. The molecule has 0 radical (unpaired) electrons. The van der Waals surface area contributed by atoms with Crippen molar-refractivity contribution in [1.82, 2.24) is 9.88 Å². The van der Waals surface area contributed by atoms with Crippen LogP contribution in [0, 0.1) is 6.92 Å². The Balaban J connectivity index is 1.57. The summed E-state index contributed by atoms with van der Waals surface area (Å²) >= 11 is 3.46. The summed E-state index contributed by atoms with van der Waals surface area (Å²) in [6, 6.07) is 19.8. The van der Waals surface area contributed by atoms with Gasteiger partial charge in [0.15, 0.2) is 0 Å². The molecule has 5 heteroatoms. The van der Waals surface area contributed by atoms with Crippen LogP contribution in [0.5, 0.6) is 0 Å². The van der Waals surface area contributed by atoms with E-state index in [1.54, 1.807) is 0 Å². The van der Waals surface area contributed by atoms with E-state index in [1.807, 2.05) is 61.7 Å². The molecule has 2 N–H and O–H groups in total. The van der Waals surface area contributed by atoms with Crippen LogP contribution in [0.1, 0.15) is 16.8 Å². The maximum atomic E-state index is 12.1. The summed E-state index contributed by atoms with van der Waals surface area (Å²) < 4.78 is 3.16. The molecule has 0 atom stereocenters. The second-order valence-electron chi connectivity index (χ2n) is 5.88. The molecule has 1 heterocycles. The highest BCUT2D eigenvalue weighted by molar-refractivity contribution is 9.10. The molecule has 0 fully saturated rings. The molecule has 0 unspecified atom stereocenters. The number of nitrogens with one attached hydrogen (secondary N) is 2. The Morgan fingerprint density at radius 2 is 1.88 bits per heavy atom. The summed E-state index contributed by atoms with van der Waals surface area (Å²) in [7, 11) is 0. The highest BCUT2D eigenvalue weighted by Gasteiger charge is 2.06. The molecule has 2 amide bonds. The lowest BCUT2D eigenvalue weighted by Crippen LogP contribution is -2.29. The molecule has 0 saturated carbocycles. The second kappa shape index (κ2) is 8.03. The number of hydrogen-bond acceptors (Lipinski definition) is 1. The number of urea groups is 1. The number of halogens is 1. The fourth-order valence-electron chi connectivity index (χ4n) is 2.61. The third-order valence-electron chi connectivity index (χ3n) is 3.97. The van der Waals surface area contributed by atoms with Crippen LogP contribution in [-0.4, -0.2) is 10.6 Å². The first kappa shape index (κ1) is 17.3. The minimum absolute atomic E-state index is 0.214. The zero-order valence-corrected chi connectivity index (χ0v) is 15.6. The number of carbonyl (C=O) groups is 1. The molecule has 0 spiro atoms. The number of carbonyl (C=O) groups excluding carboxylic acids is 1. The van der Waals surface area contributed by atoms with E-state index in [4.69, 9.17) is 0 Å². The van der Waals surface area contributed by atoms with E-state index in [9.17, 15) is 4.79 Å². The number of nitrogens with zero attached hydrogens (tertiary/aromatic N) is 1. The average Bonchev–Trinajstić information content (AvgIpc) is 3.04. The van der Waals surface area contributed by atoms with Crippen molar-refractivity contribution in [3.8, 4) is 0 Å². The molecule has 0 aliphatic heterocycles. The van der Waals surface area contributed by atoms with Crippen LogP contribution < -0.4 is 10.6 Å². The summed E-state index contributed by atoms with van der Waals surface area (Å²) in [5.74, 6) is 0. The smallest absolute Gasteiger partial charge is 0.319 e. The van der Waals surface area contributed by atoms with E-state index >= 15 is 0 Å². The van der Waals surface area contributed by atoms with Crippen molar-refractivity contribution in [3.63, 3.8) is 0 Å². The second-order valence-corrected chi connectivity index (χ2v) is 6.74. The molecule has 4 nitrogen and oxygen atoms in total. The number of amides is 2. The van der Waals surface area contributed by atoms with Crippen LogP contribution in [0.4, 0.5) is 10.5 Å². The van der Waals surface area contributed by atoms with Crippen LogP contribution >= 0.6 is 15.9 Å². The largest absolute Gasteiger partial charge is 0.345 e. The van der Waals surface area contributed by atoms with Gasteiger partial charge in [0.25, 0.3) is 0 Å². The summed E-state index contributed by atoms with van der Waals surface area (Å²) in [6.07, 6.45) is 2.03. The van der Waals surface area contributed by atoms with Gasteiger partial charge in [-0.15, -0.1) is 0 Å². The van der Waals surface area contributed by atoms with Crippen LogP contribution in [0.3, 0.4) is 0 Å². The fraction of sp³-hybridized carbons (Fsp3) is 0.150. The van der Waals surface area contributed by atoms with Gasteiger partial charge in [-0.2, -0.15) is 0 Å². The quantitative estimate of drug-likeness (QED) is 0.629. The SMILES string of the molecule is Cc1cc(NC(=O)NCc2cccn2Cc2ccccc2)ccc1Br. The van der Waals surface area contributed by atoms with Crippen molar-refractivity contribution in [3.05, 3.63) is 88.2 Å². The first-order valence-electron chi connectivity index (χ1n) is 8.11. The monoisotopic (exact) mass is 397 g/mol.